The zero-order valence-electron chi connectivity index (χ0n) is 12.7. The summed E-state index contributed by atoms with van der Waals surface area (Å²) in [5.41, 5.74) is 2.51. The van der Waals surface area contributed by atoms with Gasteiger partial charge in [0.15, 0.2) is 0 Å². The molecule has 3 aromatic rings. The Morgan fingerprint density at radius 2 is 1.73 bits per heavy atom. The van der Waals surface area contributed by atoms with Crippen molar-refractivity contribution in [2.24, 2.45) is 0 Å². The second-order valence-electron chi connectivity index (χ2n) is 6.12. The van der Waals surface area contributed by atoms with Crippen LogP contribution in [0.3, 0.4) is 0 Å². The number of rotatable bonds is 4. The van der Waals surface area contributed by atoms with E-state index in [1.807, 2.05) is 6.07 Å². The fourth-order valence-electron chi connectivity index (χ4n) is 3.52. The van der Waals surface area contributed by atoms with Crippen molar-refractivity contribution >= 4 is 10.9 Å². The molecule has 1 aliphatic rings. The van der Waals surface area contributed by atoms with Crippen molar-refractivity contribution in [3.8, 4) is 5.75 Å². The highest BCUT2D eigenvalue weighted by molar-refractivity contribution is 5.86. The first-order chi connectivity index (χ1) is 10.9. The fourth-order valence-corrected chi connectivity index (χ4v) is 3.52. The molecular formula is C20H21NO. The Balaban J connectivity index is 1.61. The van der Waals surface area contributed by atoms with Crippen LogP contribution in [-0.2, 0) is 6.61 Å². The minimum atomic E-state index is 0.620. The predicted octanol–water partition coefficient (Wildman–Crippen LogP) is 5.34. The van der Waals surface area contributed by atoms with Gasteiger partial charge in [0.05, 0.1) is 5.52 Å². The van der Waals surface area contributed by atoms with Crippen molar-refractivity contribution in [1.29, 1.82) is 0 Å². The predicted molar refractivity (Wildman–Crippen MR) is 90.2 cm³/mol. The van der Waals surface area contributed by atoms with Gasteiger partial charge in [0.2, 0.25) is 0 Å². The zero-order chi connectivity index (χ0) is 14.8. The molecule has 0 amide bonds. The third-order valence-corrected chi connectivity index (χ3v) is 4.68. The van der Waals surface area contributed by atoms with E-state index in [0.29, 0.717) is 12.6 Å². The van der Waals surface area contributed by atoms with Gasteiger partial charge in [-0.1, -0.05) is 49.2 Å². The quantitative estimate of drug-likeness (QED) is 0.633. The van der Waals surface area contributed by atoms with Crippen LogP contribution in [0.5, 0.6) is 5.75 Å². The molecule has 112 valence electrons. The van der Waals surface area contributed by atoms with Gasteiger partial charge in [-0.2, -0.15) is 0 Å². The van der Waals surface area contributed by atoms with Gasteiger partial charge in [0.1, 0.15) is 12.4 Å². The van der Waals surface area contributed by atoms with E-state index in [4.69, 9.17) is 4.74 Å². The number of aromatic nitrogens is 1. The Hall–Kier alpha value is -2.22. The van der Waals surface area contributed by atoms with E-state index < -0.39 is 0 Å². The molecule has 1 fully saturated rings. The molecule has 4 rings (SSSR count). The minimum absolute atomic E-state index is 0.620. The van der Waals surface area contributed by atoms with E-state index in [-0.39, 0.29) is 0 Å². The molecule has 2 heteroatoms. The molecule has 0 radical (unpaired) electrons. The van der Waals surface area contributed by atoms with Gasteiger partial charge in [-0.15, -0.1) is 0 Å². The molecule has 0 saturated heterocycles. The molecule has 0 aliphatic heterocycles. The van der Waals surface area contributed by atoms with Gasteiger partial charge >= 0.3 is 0 Å². The first kappa shape index (κ1) is 13.4. The van der Waals surface area contributed by atoms with Crippen LogP contribution >= 0.6 is 0 Å². The molecule has 0 N–H and O–H groups in total. The summed E-state index contributed by atoms with van der Waals surface area (Å²) in [6, 6.07) is 19.6. The van der Waals surface area contributed by atoms with Crippen LogP contribution in [0.2, 0.25) is 0 Å². The molecule has 0 bridgehead atoms. The molecule has 1 heterocycles. The highest BCUT2D eigenvalue weighted by Crippen LogP contribution is 2.35. The van der Waals surface area contributed by atoms with Gasteiger partial charge in [-0.05, 0) is 36.6 Å². The average molecular weight is 291 g/mol. The summed E-state index contributed by atoms with van der Waals surface area (Å²) in [6.07, 6.45) is 7.55. The Bertz CT molecular complexity index is 754. The number of ether oxygens (including phenoxy) is 1. The third-order valence-electron chi connectivity index (χ3n) is 4.68. The van der Waals surface area contributed by atoms with Crippen LogP contribution in [0, 0.1) is 0 Å². The second kappa shape index (κ2) is 5.88. The van der Waals surface area contributed by atoms with Crippen LogP contribution in [0.4, 0.5) is 0 Å². The summed E-state index contributed by atoms with van der Waals surface area (Å²) in [4.78, 5) is 0. The summed E-state index contributed by atoms with van der Waals surface area (Å²) in [6.45, 7) is 0.620. The minimum Gasteiger partial charge on any atom is -0.488 e. The van der Waals surface area contributed by atoms with Crippen molar-refractivity contribution in [2.45, 2.75) is 38.3 Å². The lowest BCUT2D eigenvalue weighted by Crippen LogP contribution is -2.02. The molecular weight excluding hydrogens is 270 g/mol. The van der Waals surface area contributed by atoms with Crippen LogP contribution in [0.15, 0.2) is 60.8 Å². The first-order valence-corrected chi connectivity index (χ1v) is 8.18. The van der Waals surface area contributed by atoms with E-state index >= 15 is 0 Å². The lowest BCUT2D eigenvalue weighted by atomic mass is 10.2. The maximum atomic E-state index is 6.07. The van der Waals surface area contributed by atoms with Crippen molar-refractivity contribution in [3.63, 3.8) is 0 Å². The van der Waals surface area contributed by atoms with Crippen LogP contribution in [0.1, 0.15) is 37.3 Å². The summed E-state index contributed by atoms with van der Waals surface area (Å²) < 4.78 is 8.51. The molecule has 2 aromatic carbocycles. The van der Waals surface area contributed by atoms with Crippen LogP contribution in [0.25, 0.3) is 10.9 Å². The molecule has 1 aliphatic carbocycles. The Morgan fingerprint density at radius 1 is 0.909 bits per heavy atom. The van der Waals surface area contributed by atoms with E-state index in [9.17, 15) is 0 Å². The van der Waals surface area contributed by atoms with Crippen molar-refractivity contribution in [3.05, 3.63) is 66.4 Å². The number of hydrogen-bond donors (Lipinski definition) is 0. The molecule has 1 aromatic heterocycles. The Labute approximate surface area is 131 Å². The highest BCUT2D eigenvalue weighted by atomic mass is 16.5. The summed E-state index contributed by atoms with van der Waals surface area (Å²) in [7, 11) is 0. The zero-order valence-corrected chi connectivity index (χ0v) is 12.7. The van der Waals surface area contributed by atoms with E-state index in [0.717, 1.165) is 5.75 Å². The first-order valence-electron chi connectivity index (χ1n) is 8.18. The lowest BCUT2D eigenvalue weighted by molar-refractivity contribution is 0.310. The maximum Gasteiger partial charge on any atom is 0.129 e. The Morgan fingerprint density at radius 3 is 2.55 bits per heavy atom. The molecule has 2 nitrogen and oxygen atoms in total. The van der Waals surface area contributed by atoms with Crippen molar-refractivity contribution in [2.75, 3.05) is 0 Å². The Kier molecular flexibility index (Phi) is 3.59. The number of nitrogens with zero attached hydrogens (tertiary/aromatic N) is 1. The molecule has 0 atom stereocenters. The molecule has 1 saturated carbocycles. The number of benzene rings is 2. The highest BCUT2D eigenvalue weighted by Gasteiger charge is 2.18. The van der Waals surface area contributed by atoms with Crippen molar-refractivity contribution < 1.29 is 4.74 Å². The van der Waals surface area contributed by atoms with Gasteiger partial charge in [0.25, 0.3) is 0 Å². The fraction of sp³-hybridized carbons (Fsp3) is 0.300. The number of hydrogen-bond acceptors (Lipinski definition) is 1. The topological polar surface area (TPSA) is 14.2 Å². The second-order valence-corrected chi connectivity index (χ2v) is 6.12. The summed E-state index contributed by atoms with van der Waals surface area (Å²) in [5, 5.41) is 1.23. The largest absolute Gasteiger partial charge is 0.488 e. The smallest absolute Gasteiger partial charge is 0.129 e. The van der Waals surface area contributed by atoms with Crippen LogP contribution in [-0.4, -0.2) is 4.57 Å². The molecule has 22 heavy (non-hydrogen) atoms. The van der Waals surface area contributed by atoms with E-state index in [2.05, 4.69) is 59.3 Å². The monoisotopic (exact) mass is 291 g/mol. The standard InChI is InChI=1S/C20H21NO/c1-2-7-16(8-3-1)15-22-20-12-6-11-19-18(20)13-14-21(19)17-9-4-5-10-17/h1-3,6-8,11-14,17H,4-5,9-10,15H2. The van der Waals surface area contributed by atoms with E-state index in [1.165, 1.54) is 42.1 Å². The summed E-state index contributed by atoms with van der Waals surface area (Å²) >= 11 is 0. The number of fused-ring (bicyclic) bond motifs is 1. The SMILES string of the molecule is c1ccc(COc2cccc3c2ccn3C2CCCC2)cc1. The van der Waals surface area contributed by atoms with Gasteiger partial charge < -0.3 is 9.30 Å². The molecule has 0 unspecified atom stereocenters. The van der Waals surface area contributed by atoms with Gasteiger partial charge in [-0.25, -0.2) is 0 Å². The maximum absolute atomic E-state index is 6.07. The average Bonchev–Trinajstić information content (AvgIpc) is 3.22. The summed E-state index contributed by atoms with van der Waals surface area (Å²) in [5.74, 6) is 0.984. The normalized spacial score (nSPS) is 15.5. The van der Waals surface area contributed by atoms with Crippen molar-refractivity contribution in [1.82, 2.24) is 4.57 Å². The lowest BCUT2D eigenvalue weighted by Gasteiger charge is -2.14. The molecule has 0 spiro atoms. The van der Waals surface area contributed by atoms with Gasteiger partial charge in [-0.3, -0.25) is 0 Å². The van der Waals surface area contributed by atoms with Crippen LogP contribution < -0.4 is 4.74 Å². The van der Waals surface area contributed by atoms with E-state index in [1.54, 1.807) is 0 Å². The third kappa shape index (κ3) is 2.50. The van der Waals surface area contributed by atoms with Gasteiger partial charge in [0, 0.05) is 17.6 Å².